The van der Waals surface area contributed by atoms with Gasteiger partial charge in [-0.05, 0) is 0 Å². The van der Waals surface area contributed by atoms with Gasteiger partial charge in [-0.3, -0.25) is 4.72 Å². The van der Waals surface area contributed by atoms with E-state index in [4.69, 9.17) is 0 Å². The predicted molar refractivity (Wildman–Crippen MR) is 49.6 cm³/mol. The molecule has 1 aromatic rings. The fourth-order valence-corrected chi connectivity index (χ4v) is 1.55. The predicted octanol–water partition coefficient (Wildman–Crippen LogP) is -0.693. The third-order valence-corrected chi connectivity index (χ3v) is 2.17. The average molecular weight is 214 g/mol. The highest BCUT2D eigenvalue weighted by molar-refractivity contribution is 7.91. The first kappa shape index (κ1) is 9.13. The van der Waals surface area contributed by atoms with Crippen LogP contribution >= 0.6 is 0 Å². The number of hydrogen-bond donors (Lipinski definition) is 1. The highest BCUT2D eigenvalue weighted by Gasteiger charge is 2.16. The fourth-order valence-electron chi connectivity index (χ4n) is 1.09. The number of hydrogen-bond acceptors (Lipinski definition) is 5. The molecule has 0 fully saturated rings. The van der Waals surface area contributed by atoms with Crippen molar-refractivity contribution >= 4 is 22.2 Å². The molecule has 0 saturated heterocycles. The second-order valence-corrected chi connectivity index (χ2v) is 4.63. The minimum absolute atomic E-state index is 0.106. The van der Waals surface area contributed by atoms with E-state index >= 15 is 0 Å². The van der Waals surface area contributed by atoms with Crippen LogP contribution in [0.25, 0.3) is 0 Å². The first-order valence-corrected chi connectivity index (χ1v) is 5.81. The Morgan fingerprint density at radius 3 is 3.00 bits per heavy atom. The van der Waals surface area contributed by atoms with E-state index in [-0.39, 0.29) is 5.95 Å². The van der Waals surface area contributed by atoms with Crippen LogP contribution in [-0.4, -0.2) is 35.8 Å². The maximum Gasteiger partial charge on any atom is 0.259 e. The van der Waals surface area contributed by atoms with Crippen LogP contribution in [0.1, 0.15) is 12.2 Å². The summed E-state index contributed by atoms with van der Waals surface area (Å²) < 4.78 is 25.4. The molecule has 0 aliphatic carbocycles. The van der Waals surface area contributed by atoms with Crippen molar-refractivity contribution in [1.29, 1.82) is 0 Å². The van der Waals surface area contributed by atoms with E-state index in [1.54, 1.807) is 0 Å². The van der Waals surface area contributed by atoms with Crippen molar-refractivity contribution in [2.75, 3.05) is 11.0 Å². The van der Waals surface area contributed by atoms with Crippen LogP contribution in [0.2, 0.25) is 0 Å². The van der Waals surface area contributed by atoms with Gasteiger partial charge in [-0.25, -0.2) is 8.42 Å². The molecular weight excluding hydrogens is 206 g/mol. The lowest BCUT2D eigenvalue weighted by molar-refractivity contribution is 0.606. The number of nitrogens with one attached hydrogen (secondary N) is 1. The second kappa shape index (κ2) is 3.05. The topological polar surface area (TPSA) is 89.2 Å². The van der Waals surface area contributed by atoms with Gasteiger partial charge in [0.25, 0.3) is 5.95 Å². The molecule has 1 N–H and O–H groups in total. The van der Waals surface area contributed by atoms with Crippen molar-refractivity contribution in [3.05, 3.63) is 5.82 Å². The van der Waals surface area contributed by atoms with Gasteiger partial charge in [0.15, 0.2) is 5.82 Å². The standard InChI is InChI=1S/C6H8N5O2S/c1-14(12,13)10-6-9-8-5-3-2-4-7-11(5)6/h2-3H2,1H3,(H,9,10). The van der Waals surface area contributed by atoms with E-state index in [9.17, 15) is 8.42 Å². The summed E-state index contributed by atoms with van der Waals surface area (Å²) in [4.78, 5) is 0. The van der Waals surface area contributed by atoms with E-state index < -0.39 is 10.0 Å². The zero-order valence-corrected chi connectivity index (χ0v) is 8.24. The molecule has 1 aliphatic rings. The highest BCUT2D eigenvalue weighted by Crippen LogP contribution is 2.12. The summed E-state index contributed by atoms with van der Waals surface area (Å²) in [5.41, 5.74) is 0. The van der Waals surface area contributed by atoms with Gasteiger partial charge in [0.2, 0.25) is 10.0 Å². The van der Waals surface area contributed by atoms with Crippen molar-refractivity contribution in [3.8, 4) is 0 Å². The molecule has 0 saturated carbocycles. The molecule has 1 aliphatic heterocycles. The Labute approximate surface area is 80.9 Å². The molecule has 0 spiro atoms. The maximum atomic E-state index is 10.9. The van der Waals surface area contributed by atoms with E-state index in [0.717, 1.165) is 6.26 Å². The summed E-state index contributed by atoms with van der Waals surface area (Å²) >= 11 is 0. The molecule has 2 rings (SSSR count). The number of fused-ring (bicyclic) bond motifs is 1. The van der Waals surface area contributed by atoms with Crippen molar-refractivity contribution in [2.45, 2.75) is 12.8 Å². The number of aryl methyl sites for hydroxylation is 1. The lowest BCUT2D eigenvalue weighted by atomic mass is 10.3. The first-order valence-electron chi connectivity index (χ1n) is 3.92. The number of aromatic nitrogens is 3. The highest BCUT2D eigenvalue weighted by atomic mass is 32.2. The van der Waals surface area contributed by atoms with Crippen molar-refractivity contribution < 1.29 is 8.42 Å². The number of sulfonamides is 1. The molecule has 0 amide bonds. The van der Waals surface area contributed by atoms with Gasteiger partial charge in [-0.2, -0.15) is 9.78 Å². The normalized spacial score (nSPS) is 15.2. The zero-order valence-electron chi connectivity index (χ0n) is 7.43. The Hall–Kier alpha value is -1.44. The van der Waals surface area contributed by atoms with E-state index in [0.29, 0.717) is 18.7 Å². The average Bonchev–Trinajstić information content (AvgIpc) is 2.47. The van der Waals surface area contributed by atoms with E-state index in [2.05, 4.69) is 26.2 Å². The largest absolute Gasteiger partial charge is 0.259 e. The van der Waals surface area contributed by atoms with Gasteiger partial charge >= 0.3 is 0 Å². The smallest absolute Gasteiger partial charge is 0.250 e. The lowest BCUT2D eigenvalue weighted by Gasteiger charge is -2.06. The van der Waals surface area contributed by atoms with Crippen LogP contribution in [0.15, 0.2) is 5.10 Å². The Morgan fingerprint density at radius 1 is 1.50 bits per heavy atom. The Morgan fingerprint density at radius 2 is 2.29 bits per heavy atom. The molecule has 7 nitrogen and oxygen atoms in total. The van der Waals surface area contributed by atoms with Gasteiger partial charge < -0.3 is 0 Å². The fraction of sp³-hybridized carbons (Fsp3) is 0.500. The summed E-state index contributed by atoms with van der Waals surface area (Å²) in [6, 6.07) is 0. The molecular formula is C6H8N5O2S. The molecule has 1 radical (unpaired) electrons. The SMILES string of the molecule is CS(=O)(=O)Nc1nnc2n1N=[C]CC2. The molecule has 0 atom stereocenters. The van der Waals surface area contributed by atoms with Crippen LogP contribution in [-0.2, 0) is 16.4 Å². The molecule has 8 heteroatoms. The van der Waals surface area contributed by atoms with Gasteiger partial charge in [0, 0.05) is 12.8 Å². The minimum Gasteiger partial charge on any atom is -0.250 e. The molecule has 0 aromatic carbocycles. The lowest BCUT2D eigenvalue weighted by Crippen LogP contribution is -2.15. The summed E-state index contributed by atoms with van der Waals surface area (Å²) in [5, 5.41) is 11.3. The molecule has 14 heavy (non-hydrogen) atoms. The summed E-state index contributed by atoms with van der Waals surface area (Å²) in [6.45, 7) is 0. The second-order valence-electron chi connectivity index (χ2n) is 2.88. The maximum absolute atomic E-state index is 10.9. The molecule has 0 unspecified atom stereocenters. The van der Waals surface area contributed by atoms with Crippen LogP contribution in [0.4, 0.5) is 5.95 Å². The molecule has 2 heterocycles. The third kappa shape index (κ3) is 1.74. The van der Waals surface area contributed by atoms with Crippen LogP contribution in [0.3, 0.4) is 0 Å². The Bertz CT molecular complexity index is 474. The summed E-state index contributed by atoms with van der Waals surface area (Å²) in [5.74, 6) is 0.740. The first-order chi connectivity index (χ1) is 6.56. The van der Waals surface area contributed by atoms with Gasteiger partial charge in [0.05, 0.1) is 12.5 Å². The zero-order chi connectivity index (χ0) is 10.2. The molecule has 75 valence electrons. The Balaban J connectivity index is 2.38. The Kier molecular flexibility index (Phi) is 1.99. The van der Waals surface area contributed by atoms with Gasteiger partial charge in [-0.15, -0.1) is 10.2 Å². The molecule has 1 aromatic heterocycles. The van der Waals surface area contributed by atoms with Gasteiger partial charge in [-0.1, -0.05) is 0 Å². The number of anilines is 1. The quantitative estimate of drug-likeness (QED) is 0.705. The third-order valence-electron chi connectivity index (χ3n) is 1.61. The van der Waals surface area contributed by atoms with Crippen molar-refractivity contribution in [3.63, 3.8) is 0 Å². The van der Waals surface area contributed by atoms with Crippen LogP contribution < -0.4 is 4.72 Å². The van der Waals surface area contributed by atoms with Crippen molar-refractivity contribution in [1.82, 2.24) is 14.9 Å². The monoisotopic (exact) mass is 214 g/mol. The minimum atomic E-state index is -3.34. The van der Waals surface area contributed by atoms with Crippen LogP contribution in [0.5, 0.6) is 0 Å². The van der Waals surface area contributed by atoms with E-state index in [1.807, 2.05) is 0 Å². The summed E-state index contributed by atoms with van der Waals surface area (Å²) in [7, 11) is -3.34. The summed E-state index contributed by atoms with van der Waals surface area (Å²) in [6.07, 6.45) is 5.12. The number of nitrogens with zero attached hydrogens (tertiary/aromatic N) is 4. The van der Waals surface area contributed by atoms with E-state index in [1.165, 1.54) is 4.68 Å². The van der Waals surface area contributed by atoms with Crippen LogP contribution in [0, 0.1) is 0 Å². The van der Waals surface area contributed by atoms with Gasteiger partial charge in [0.1, 0.15) is 0 Å². The molecule has 0 bridgehead atoms. The number of rotatable bonds is 2. The van der Waals surface area contributed by atoms with Crippen molar-refractivity contribution in [2.24, 2.45) is 5.10 Å².